The first-order valence-corrected chi connectivity index (χ1v) is 16.7. The van der Waals surface area contributed by atoms with Gasteiger partial charge in [0.05, 0.1) is 34.8 Å². The van der Waals surface area contributed by atoms with Crippen molar-refractivity contribution >= 4 is 57.8 Å². The van der Waals surface area contributed by atoms with Gasteiger partial charge >= 0.3 is 18.3 Å². The molecule has 276 valence electrons. The lowest BCUT2D eigenvalue weighted by molar-refractivity contribution is -0.143. The van der Waals surface area contributed by atoms with E-state index >= 15 is 0 Å². The summed E-state index contributed by atoms with van der Waals surface area (Å²) in [5.74, 6) is -3.76. The van der Waals surface area contributed by atoms with Gasteiger partial charge in [0, 0.05) is 43.9 Å². The number of morpholine rings is 1. The zero-order valence-corrected chi connectivity index (χ0v) is 28.4. The summed E-state index contributed by atoms with van der Waals surface area (Å²) >= 11 is 6.19. The fraction of sp³-hybridized carbons (Fsp3) is 0.294. The number of hydrogen-bond acceptors (Lipinski definition) is 8. The lowest BCUT2D eigenvalue weighted by Crippen LogP contribution is -2.38. The number of amides is 2. The van der Waals surface area contributed by atoms with Crippen LogP contribution in [0.25, 0.3) is 17.2 Å². The molecule has 2 N–H and O–H groups in total. The molecule has 2 heterocycles. The maximum atomic E-state index is 14.0. The number of hydrogen-bond donors (Lipinski definition) is 2. The molecule has 2 fully saturated rings. The first-order valence-electron chi connectivity index (χ1n) is 15.4. The molecule has 0 unspecified atom stereocenters. The molecule has 0 spiro atoms. The Kier molecular flexibility index (Phi) is 11.9. The molecule has 0 bridgehead atoms. The summed E-state index contributed by atoms with van der Waals surface area (Å²) in [5, 5.41) is 11.4. The lowest BCUT2D eigenvalue weighted by Gasteiger charge is -2.26. The van der Waals surface area contributed by atoms with Crippen molar-refractivity contribution in [3.8, 4) is 16.9 Å². The van der Waals surface area contributed by atoms with E-state index in [2.05, 4.69) is 5.32 Å². The summed E-state index contributed by atoms with van der Waals surface area (Å²) < 4.78 is 108. The number of ether oxygens (including phenoxy) is 2. The van der Waals surface area contributed by atoms with Crippen molar-refractivity contribution in [3.63, 3.8) is 0 Å². The summed E-state index contributed by atoms with van der Waals surface area (Å²) in [6, 6.07) is 8.45. The summed E-state index contributed by atoms with van der Waals surface area (Å²) in [6.45, 7) is 2.59. The molecule has 2 saturated heterocycles. The predicted octanol–water partition coefficient (Wildman–Crippen LogP) is 7.17. The second-order valence-electron chi connectivity index (χ2n) is 11.5. The standard InChI is InChI=1S/C34H28F7N3O6S2/c35-26-18-23(2-3-24(26)31(47)48)42-29(45)5-6-44-30(46)28(52-32(44)51)14-19-1-4-27(50-12-9-43-7-10-49-11-8-43)25(13-19)20-15-21(33(36,37)38)17-22(16-20)34(39,40)41/h1-4,13-18H,5-12H2,(H,42,45)(H,47,48). The lowest BCUT2D eigenvalue weighted by atomic mass is 9.96. The van der Waals surface area contributed by atoms with Crippen LogP contribution >= 0.6 is 24.0 Å². The fourth-order valence-electron chi connectivity index (χ4n) is 5.26. The van der Waals surface area contributed by atoms with Crippen molar-refractivity contribution in [1.29, 1.82) is 0 Å². The number of carboxylic acids is 1. The Morgan fingerprint density at radius 1 is 0.962 bits per heavy atom. The van der Waals surface area contributed by atoms with Gasteiger partial charge in [-0.3, -0.25) is 19.4 Å². The maximum Gasteiger partial charge on any atom is 0.416 e. The molecule has 3 aromatic rings. The number of thiocarbonyl (C=S) groups is 1. The normalized spacial score (nSPS) is 16.4. The second kappa shape index (κ2) is 16.0. The van der Waals surface area contributed by atoms with Crippen LogP contribution in [0.3, 0.4) is 0 Å². The Morgan fingerprint density at radius 3 is 2.25 bits per heavy atom. The summed E-state index contributed by atoms with van der Waals surface area (Å²) in [6.07, 6.45) is -9.08. The maximum absolute atomic E-state index is 14.0. The fourth-order valence-corrected chi connectivity index (χ4v) is 6.56. The van der Waals surface area contributed by atoms with E-state index in [1.165, 1.54) is 30.3 Å². The second-order valence-corrected chi connectivity index (χ2v) is 13.2. The van der Waals surface area contributed by atoms with Crippen molar-refractivity contribution in [2.24, 2.45) is 0 Å². The highest BCUT2D eigenvalue weighted by Crippen LogP contribution is 2.42. The van der Waals surface area contributed by atoms with Gasteiger partial charge in [-0.25, -0.2) is 9.18 Å². The average Bonchev–Trinajstić information content (AvgIpc) is 3.34. The number of carboxylic acid groups (broad SMARTS) is 1. The van der Waals surface area contributed by atoms with E-state index in [4.69, 9.17) is 26.8 Å². The number of thioether (sulfide) groups is 1. The topological polar surface area (TPSA) is 108 Å². The van der Waals surface area contributed by atoms with E-state index in [1.807, 2.05) is 4.90 Å². The number of anilines is 1. The number of rotatable bonds is 11. The molecular formula is C34H28F7N3O6S2. The van der Waals surface area contributed by atoms with Crippen molar-refractivity contribution < 1.29 is 59.7 Å². The van der Waals surface area contributed by atoms with Crippen LogP contribution in [-0.2, 0) is 26.7 Å². The van der Waals surface area contributed by atoms with Crippen LogP contribution in [-0.4, -0.2) is 83.0 Å². The molecule has 52 heavy (non-hydrogen) atoms. The minimum absolute atomic E-state index is 0.00904. The van der Waals surface area contributed by atoms with Crippen LogP contribution in [0.15, 0.2) is 59.5 Å². The smallest absolute Gasteiger partial charge is 0.416 e. The minimum Gasteiger partial charge on any atom is -0.492 e. The van der Waals surface area contributed by atoms with Crippen LogP contribution in [0, 0.1) is 5.82 Å². The Balaban J connectivity index is 1.38. The van der Waals surface area contributed by atoms with Crippen molar-refractivity contribution in [3.05, 3.63) is 87.6 Å². The third kappa shape index (κ3) is 9.67. The van der Waals surface area contributed by atoms with Crippen molar-refractivity contribution in [2.45, 2.75) is 18.8 Å². The summed E-state index contributed by atoms with van der Waals surface area (Å²) in [7, 11) is 0. The first kappa shape index (κ1) is 38.7. The molecule has 2 aliphatic rings. The number of nitrogens with one attached hydrogen (secondary N) is 1. The quantitative estimate of drug-likeness (QED) is 0.119. The van der Waals surface area contributed by atoms with Gasteiger partial charge in [0.2, 0.25) is 5.91 Å². The van der Waals surface area contributed by atoms with Gasteiger partial charge in [0.25, 0.3) is 5.91 Å². The van der Waals surface area contributed by atoms with Gasteiger partial charge in [-0.2, -0.15) is 26.3 Å². The largest absolute Gasteiger partial charge is 0.492 e. The Morgan fingerprint density at radius 2 is 1.63 bits per heavy atom. The Labute approximate surface area is 301 Å². The molecule has 0 aromatic heterocycles. The Hall–Kier alpha value is -4.52. The van der Waals surface area contributed by atoms with Crippen LogP contribution < -0.4 is 10.1 Å². The SMILES string of the molecule is O=C(CCN1C(=O)C(=Cc2ccc(OCCN3CCOCC3)c(-c3cc(C(F)(F)F)cc(C(F)(F)F)c3)c2)SC1=S)Nc1ccc(C(=O)O)c(F)c1. The number of benzene rings is 3. The molecule has 5 rings (SSSR count). The number of nitrogens with zero attached hydrogens (tertiary/aromatic N) is 2. The van der Waals surface area contributed by atoms with E-state index in [0.29, 0.717) is 45.0 Å². The van der Waals surface area contributed by atoms with Crippen LogP contribution in [0.1, 0.15) is 33.5 Å². The van der Waals surface area contributed by atoms with Crippen LogP contribution in [0.2, 0.25) is 0 Å². The van der Waals surface area contributed by atoms with E-state index in [-0.39, 0.29) is 57.4 Å². The van der Waals surface area contributed by atoms with Crippen molar-refractivity contribution in [1.82, 2.24) is 9.80 Å². The first-order chi connectivity index (χ1) is 24.5. The number of carbonyl (C=O) groups excluding carboxylic acids is 2. The van der Waals surface area contributed by atoms with E-state index < -0.39 is 58.2 Å². The molecule has 0 atom stereocenters. The zero-order chi connectivity index (χ0) is 37.8. The van der Waals surface area contributed by atoms with Gasteiger partial charge in [0.1, 0.15) is 22.5 Å². The predicted molar refractivity (Wildman–Crippen MR) is 181 cm³/mol. The van der Waals surface area contributed by atoms with Crippen molar-refractivity contribution in [2.75, 3.05) is 51.3 Å². The molecule has 0 aliphatic carbocycles. The van der Waals surface area contributed by atoms with E-state index in [1.54, 1.807) is 0 Å². The zero-order valence-electron chi connectivity index (χ0n) is 26.8. The van der Waals surface area contributed by atoms with Gasteiger partial charge in [0.15, 0.2) is 0 Å². The van der Waals surface area contributed by atoms with E-state index in [9.17, 15) is 45.1 Å². The minimum atomic E-state index is -5.09. The highest BCUT2D eigenvalue weighted by atomic mass is 32.2. The monoisotopic (exact) mass is 771 g/mol. The molecule has 18 heteroatoms. The Bertz CT molecular complexity index is 1880. The highest BCUT2D eigenvalue weighted by molar-refractivity contribution is 8.26. The summed E-state index contributed by atoms with van der Waals surface area (Å²) in [5.41, 5.74) is -3.84. The molecule has 2 amide bonds. The summed E-state index contributed by atoms with van der Waals surface area (Å²) in [4.78, 5) is 40.1. The number of halogens is 7. The van der Waals surface area contributed by atoms with Crippen LogP contribution in [0.4, 0.5) is 36.4 Å². The van der Waals surface area contributed by atoms with Crippen LogP contribution in [0.5, 0.6) is 5.75 Å². The number of aromatic carboxylic acids is 1. The van der Waals surface area contributed by atoms with Gasteiger partial charge < -0.3 is 19.9 Å². The highest BCUT2D eigenvalue weighted by Gasteiger charge is 2.37. The molecule has 9 nitrogen and oxygen atoms in total. The average molecular weight is 772 g/mol. The third-order valence-electron chi connectivity index (χ3n) is 7.89. The van der Waals surface area contributed by atoms with Gasteiger partial charge in [-0.1, -0.05) is 30.0 Å². The molecular weight excluding hydrogens is 744 g/mol. The third-order valence-corrected chi connectivity index (χ3v) is 9.27. The van der Waals surface area contributed by atoms with Gasteiger partial charge in [-0.15, -0.1) is 0 Å². The van der Waals surface area contributed by atoms with E-state index in [0.717, 1.165) is 28.8 Å². The number of carbonyl (C=O) groups is 3. The molecule has 3 aromatic carbocycles. The van der Waals surface area contributed by atoms with Gasteiger partial charge in [-0.05, 0) is 65.7 Å². The number of alkyl halides is 6. The molecule has 0 radical (unpaired) electrons. The molecule has 0 saturated carbocycles. The molecule has 2 aliphatic heterocycles.